The van der Waals surface area contributed by atoms with Crippen LogP contribution in [0.25, 0.3) is 0 Å². The molecule has 18 heteroatoms. The number of methoxy groups -OCH3 is 4. The summed E-state index contributed by atoms with van der Waals surface area (Å²) in [6, 6.07) is 20.6. The minimum Gasteiger partial charge on any atom is -0.504 e. The molecule has 0 spiro atoms. The second kappa shape index (κ2) is 22.5. The molecule has 0 heterocycles. The van der Waals surface area contributed by atoms with E-state index in [9.17, 15) is 10.2 Å². The first-order chi connectivity index (χ1) is 27.2. The minimum atomic E-state index is 0.0391. The molecule has 4 aromatic rings. The van der Waals surface area contributed by atoms with Crippen LogP contribution in [0, 0.1) is 0 Å². The number of hydrazone groups is 4. The number of thiocarbonyl (C=S) groups is 2. The van der Waals surface area contributed by atoms with Crippen molar-refractivity contribution in [2.45, 2.75) is 12.8 Å². The van der Waals surface area contributed by atoms with Crippen LogP contribution in [0.4, 0.5) is 0 Å². The van der Waals surface area contributed by atoms with Crippen molar-refractivity contribution in [2.75, 3.05) is 41.7 Å². The molecule has 0 atom stereocenters. The first-order valence-corrected chi connectivity index (χ1v) is 17.6. The van der Waals surface area contributed by atoms with Crippen LogP contribution in [-0.4, -0.2) is 86.9 Å². The zero-order chi connectivity index (χ0) is 40.1. The van der Waals surface area contributed by atoms with Crippen LogP contribution in [0.3, 0.4) is 0 Å². The van der Waals surface area contributed by atoms with Crippen molar-refractivity contribution in [1.82, 2.24) is 21.7 Å². The van der Waals surface area contributed by atoms with Gasteiger partial charge in [0.2, 0.25) is 10.2 Å². The average Bonchev–Trinajstić information content (AvgIpc) is 3.20. The van der Waals surface area contributed by atoms with Gasteiger partial charge in [-0.3, -0.25) is 21.7 Å². The van der Waals surface area contributed by atoms with Crippen molar-refractivity contribution >= 4 is 59.5 Å². The van der Waals surface area contributed by atoms with Gasteiger partial charge in [0, 0.05) is 0 Å². The highest BCUT2D eigenvalue weighted by molar-refractivity contribution is 7.80. The van der Waals surface area contributed by atoms with E-state index >= 15 is 0 Å². The predicted molar refractivity (Wildman–Crippen MR) is 224 cm³/mol. The number of aromatic hydroxyl groups is 2. The molecule has 0 amide bonds. The summed E-state index contributed by atoms with van der Waals surface area (Å²) in [4.78, 5) is 0. The first kappa shape index (κ1) is 42.1. The Morgan fingerprint density at radius 3 is 1.11 bits per heavy atom. The van der Waals surface area contributed by atoms with E-state index in [0.717, 1.165) is 24.0 Å². The molecule has 0 fully saturated rings. The van der Waals surface area contributed by atoms with E-state index in [0.29, 0.717) is 58.8 Å². The van der Waals surface area contributed by atoms with Gasteiger partial charge in [0.25, 0.3) is 0 Å². The number of rotatable bonds is 19. The molecule has 0 aliphatic rings. The van der Waals surface area contributed by atoms with Gasteiger partial charge in [-0.05, 0) is 132 Å². The van der Waals surface area contributed by atoms with E-state index in [-0.39, 0.29) is 21.7 Å². The Morgan fingerprint density at radius 1 is 0.482 bits per heavy atom. The Morgan fingerprint density at radius 2 is 0.786 bits per heavy atom. The van der Waals surface area contributed by atoms with Crippen molar-refractivity contribution in [1.29, 1.82) is 0 Å². The third-order valence-corrected chi connectivity index (χ3v) is 7.72. The molecule has 6 N–H and O–H groups in total. The lowest BCUT2D eigenvalue weighted by atomic mass is 10.2. The average molecular weight is 803 g/mol. The molecule has 56 heavy (non-hydrogen) atoms. The van der Waals surface area contributed by atoms with E-state index in [1.165, 1.54) is 38.8 Å². The summed E-state index contributed by atoms with van der Waals surface area (Å²) in [5.74, 6) is 3.07. The van der Waals surface area contributed by atoms with Crippen LogP contribution in [-0.2, 0) is 0 Å². The van der Waals surface area contributed by atoms with Crippen LogP contribution >= 0.6 is 24.4 Å². The maximum absolute atomic E-state index is 9.70. The van der Waals surface area contributed by atoms with Crippen LogP contribution < -0.4 is 50.1 Å². The Hall–Kier alpha value is -6.66. The van der Waals surface area contributed by atoms with Crippen molar-refractivity contribution in [2.24, 2.45) is 20.4 Å². The number of ether oxygens (including phenoxy) is 6. The summed E-state index contributed by atoms with van der Waals surface area (Å²) in [5, 5.41) is 36.2. The molecule has 0 aromatic heterocycles. The van der Waals surface area contributed by atoms with Gasteiger partial charge in [-0.15, -0.1) is 0 Å². The normalized spacial score (nSPS) is 11.1. The van der Waals surface area contributed by atoms with Crippen molar-refractivity contribution in [3.8, 4) is 46.0 Å². The van der Waals surface area contributed by atoms with Gasteiger partial charge >= 0.3 is 0 Å². The van der Waals surface area contributed by atoms with Gasteiger partial charge in [0.1, 0.15) is 0 Å². The van der Waals surface area contributed by atoms with Crippen molar-refractivity contribution in [3.05, 3.63) is 95.1 Å². The minimum absolute atomic E-state index is 0.0391. The van der Waals surface area contributed by atoms with Gasteiger partial charge in [0.15, 0.2) is 46.0 Å². The highest BCUT2D eigenvalue weighted by Gasteiger charge is 2.08. The monoisotopic (exact) mass is 802 g/mol. The van der Waals surface area contributed by atoms with Crippen molar-refractivity contribution in [3.63, 3.8) is 0 Å². The second-order valence-electron chi connectivity index (χ2n) is 11.2. The topological polar surface area (TPSA) is 193 Å². The Bertz CT molecular complexity index is 1920. The summed E-state index contributed by atoms with van der Waals surface area (Å²) in [5.41, 5.74) is 13.7. The summed E-state index contributed by atoms with van der Waals surface area (Å²) in [6.45, 7) is 0.915. The van der Waals surface area contributed by atoms with Gasteiger partial charge < -0.3 is 38.6 Å². The zero-order valence-electron chi connectivity index (χ0n) is 31.0. The molecule has 0 bridgehead atoms. The summed E-state index contributed by atoms with van der Waals surface area (Å²) < 4.78 is 33.1. The highest BCUT2D eigenvalue weighted by Crippen LogP contribution is 2.30. The second-order valence-corrected chi connectivity index (χ2v) is 12.0. The largest absolute Gasteiger partial charge is 0.504 e. The molecule has 16 nitrogen and oxygen atoms in total. The van der Waals surface area contributed by atoms with Gasteiger partial charge in [-0.25, -0.2) is 0 Å². The van der Waals surface area contributed by atoms with E-state index < -0.39 is 0 Å². The number of nitrogens with one attached hydrogen (secondary N) is 4. The Balaban J connectivity index is 1.14. The number of nitrogens with zero attached hydrogens (tertiary/aromatic N) is 4. The van der Waals surface area contributed by atoms with Crippen LogP contribution in [0.15, 0.2) is 93.2 Å². The first-order valence-electron chi connectivity index (χ1n) is 16.8. The molecule has 4 aromatic carbocycles. The fourth-order valence-corrected chi connectivity index (χ4v) is 4.81. The number of hydrogen-bond acceptors (Lipinski definition) is 14. The SMILES string of the molecule is COc1cc(/C=N/NC(=S)N/N=C/c2ccc(OCCCCOc3ccc(/C=N/NC(=S)N/N=C/c4ccc(O)c(OC)c4)cc3OC)c(OC)c2)ccc1O. The summed E-state index contributed by atoms with van der Waals surface area (Å²) in [7, 11) is 6.08. The van der Waals surface area contributed by atoms with E-state index in [1.807, 2.05) is 24.3 Å². The number of phenols is 2. The third kappa shape index (κ3) is 13.6. The van der Waals surface area contributed by atoms with Gasteiger partial charge in [0.05, 0.1) is 66.5 Å². The third-order valence-electron chi connectivity index (χ3n) is 7.36. The molecule has 0 radical (unpaired) electrons. The van der Waals surface area contributed by atoms with Crippen LogP contribution in [0.5, 0.6) is 46.0 Å². The molecule has 294 valence electrons. The van der Waals surface area contributed by atoms with E-state index in [1.54, 1.807) is 63.0 Å². The number of unbranched alkanes of at least 4 members (excludes halogenated alkanes) is 1. The van der Waals surface area contributed by atoms with Crippen LogP contribution in [0.2, 0.25) is 0 Å². The molecule has 0 saturated carbocycles. The number of benzene rings is 4. The lowest BCUT2D eigenvalue weighted by Crippen LogP contribution is -2.28. The standard InChI is InChI=1S/C38H42N8O8S2/c1-49-33-17-25(7-11-29(33)47)21-39-43-37(55)45-41-23-27-9-13-31(35(19-27)51-3)53-15-5-6-16-54-32-14-10-28(20-36(32)52-4)24-42-46-38(56)44-40-22-26-8-12-30(48)34(18-26)50-2/h7-14,17-24,47-48H,5-6,15-16H2,1-4H3,(H2,43,45,55)(H2,44,46,56)/b39-21+,40-22+,41-23+,42-24+. The summed E-state index contributed by atoms with van der Waals surface area (Å²) >= 11 is 10.4. The lowest BCUT2D eigenvalue weighted by molar-refractivity contribution is 0.252. The van der Waals surface area contributed by atoms with Crippen LogP contribution in [0.1, 0.15) is 35.1 Å². The fourth-order valence-electron chi connectivity index (χ4n) is 4.60. The number of hydrogen-bond donors (Lipinski definition) is 6. The smallest absolute Gasteiger partial charge is 0.207 e. The predicted octanol–water partition coefficient (Wildman–Crippen LogP) is 5.03. The Labute approximate surface area is 334 Å². The highest BCUT2D eigenvalue weighted by atomic mass is 32.1. The molecular formula is C38H42N8O8S2. The molecule has 0 aliphatic heterocycles. The van der Waals surface area contributed by atoms with Crippen molar-refractivity contribution < 1.29 is 38.6 Å². The van der Waals surface area contributed by atoms with Gasteiger partial charge in [-0.1, -0.05) is 0 Å². The zero-order valence-corrected chi connectivity index (χ0v) is 32.6. The fraction of sp³-hybridized carbons (Fsp3) is 0.211. The number of phenolic OH excluding ortho intramolecular Hbond substituents is 2. The lowest BCUT2D eigenvalue weighted by Gasteiger charge is -2.13. The maximum atomic E-state index is 9.70. The molecule has 0 saturated heterocycles. The van der Waals surface area contributed by atoms with E-state index in [4.69, 9.17) is 52.9 Å². The van der Waals surface area contributed by atoms with E-state index in [2.05, 4.69) is 42.1 Å². The maximum Gasteiger partial charge on any atom is 0.207 e. The molecule has 0 unspecified atom stereocenters. The molecule has 4 rings (SSSR count). The Kier molecular flexibility index (Phi) is 16.9. The van der Waals surface area contributed by atoms with Gasteiger partial charge in [-0.2, -0.15) is 20.4 Å². The molecule has 0 aliphatic carbocycles. The quantitative estimate of drug-likeness (QED) is 0.0320. The molecular weight excluding hydrogens is 761 g/mol. The summed E-state index contributed by atoms with van der Waals surface area (Å²) in [6.07, 6.45) is 7.71.